The first-order valence-corrected chi connectivity index (χ1v) is 5.92. The number of nitrogens with two attached hydrogens (primary N) is 1. The minimum absolute atomic E-state index is 0.592. The molecule has 5 nitrogen and oxygen atoms in total. The summed E-state index contributed by atoms with van der Waals surface area (Å²) in [5.41, 5.74) is 6.77. The molecule has 0 spiro atoms. The molecule has 0 unspecified atom stereocenters. The minimum Gasteiger partial charge on any atom is -0.495 e. The van der Waals surface area contributed by atoms with Crippen LogP contribution in [0.3, 0.4) is 0 Å². The van der Waals surface area contributed by atoms with E-state index in [-0.39, 0.29) is 0 Å². The monoisotopic (exact) mass is 250 g/mol. The maximum absolute atomic E-state index is 5.80. The van der Waals surface area contributed by atoms with Crippen molar-refractivity contribution in [2.45, 2.75) is 0 Å². The maximum Gasteiger partial charge on any atom is 0.191 e. The number of hydrogen-bond acceptors (Lipinski definition) is 3. The van der Waals surface area contributed by atoms with Crippen molar-refractivity contribution in [3.8, 4) is 0 Å². The smallest absolute Gasteiger partial charge is 0.191 e. The summed E-state index contributed by atoms with van der Waals surface area (Å²) in [6.07, 6.45) is 3.66. The predicted octanol–water partition coefficient (Wildman–Crippen LogP) is 0.779. The van der Waals surface area contributed by atoms with Gasteiger partial charge in [0.1, 0.15) is 5.76 Å². The summed E-state index contributed by atoms with van der Waals surface area (Å²) in [5, 5.41) is 0. The number of nitrogens with zero attached hydrogens (tertiary/aromatic N) is 3. The molecule has 1 saturated heterocycles. The largest absolute Gasteiger partial charge is 0.495 e. The minimum atomic E-state index is 0.592. The van der Waals surface area contributed by atoms with Crippen molar-refractivity contribution in [3.63, 3.8) is 0 Å². The van der Waals surface area contributed by atoms with Crippen LogP contribution in [0.1, 0.15) is 0 Å². The predicted molar refractivity (Wildman–Crippen MR) is 75.1 cm³/mol. The Balaban J connectivity index is 2.68. The number of methoxy groups -OCH3 is 1. The van der Waals surface area contributed by atoms with E-state index in [2.05, 4.69) is 28.0 Å². The van der Waals surface area contributed by atoms with E-state index in [9.17, 15) is 0 Å². The number of piperazine rings is 1. The molecular weight excluding hydrogens is 228 g/mol. The van der Waals surface area contributed by atoms with Gasteiger partial charge in [-0.25, -0.2) is 0 Å². The van der Waals surface area contributed by atoms with Gasteiger partial charge in [0.05, 0.1) is 12.8 Å². The van der Waals surface area contributed by atoms with Gasteiger partial charge in [-0.2, -0.15) is 0 Å². The third-order valence-electron chi connectivity index (χ3n) is 2.98. The zero-order chi connectivity index (χ0) is 13.5. The topological polar surface area (TPSA) is 54.1 Å². The first-order chi connectivity index (χ1) is 8.63. The first kappa shape index (κ1) is 14.2. The van der Waals surface area contributed by atoms with Crippen molar-refractivity contribution in [1.82, 2.24) is 9.80 Å². The Morgan fingerprint density at radius 2 is 1.83 bits per heavy atom. The van der Waals surface area contributed by atoms with E-state index in [0.29, 0.717) is 11.7 Å². The van der Waals surface area contributed by atoms with Crippen LogP contribution < -0.4 is 5.73 Å². The lowest BCUT2D eigenvalue weighted by atomic mass is 10.2. The standard InChI is InChI=1S/C13H22N4O/c1-5-6-12(11(2)18-4)16-7-9-17(10-8-16)13(14)15-3/h5-6H,1-2,7-10H2,3-4H3,(H2,14,15)/b12-6+. The molecule has 0 radical (unpaired) electrons. The molecule has 0 bridgehead atoms. The Hall–Kier alpha value is -1.91. The molecule has 18 heavy (non-hydrogen) atoms. The molecule has 0 atom stereocenters. The zero-order valence-electron chi connectivity index (χ0n) is 11.2. The lowest BCUT2D eigenvalue weighted by Crippen LogP contribution is -2.50. The molecule has 1 fully saturated rings. The van der Waals surface area contributed by atoms with E-state index in [4.69, 9.17) is 10.5 Å². The van der Waals surface area contributed by atoms with Gasteiger partial charge in [-0.05, 0) is 6.08 Å². The zero-order valence-corrected chi connectivity index (χ0v) is 11.2. The Morgan fingerprint density at radius 3 is 2.28 bits per heavy atom. The molecule has 5 heteroatoms. The second-order valence-corrected chi connectivity index (χ2v) is 3.97. The van der Waals surface area contributed by atoms with E-state index >= 15 is 0 Å². The highest BCUT2D eigenvalue weighted by Gasteiger charge is 2.21. The van der Waals surface area contributed by atoms with Crippen LogP contribution in [-0.4, -0.2) is 56.1 Å². The maximum atomic E-state index is 5.80. The Morgan fingerprint density at radius 1 is 1.28 bits per heavy atom. The number of rotatable bonds is 4. The van der Waals surface area contributed by atoms with E-state index in [1.165, 1.54) is 0 Å². The van der Waals surface area contributed by atoms with Crippen LogP contribution in [0, 0.1) is 0 Å². The summed E-state index contributed by atoms with van der Waals surface area (Å²) in [7, 11) is 3.33. The molecule has 0 aliphatic carbocycles. The summed E-state index contributed by atoms with van der Waals surface area (Å²) in [6.45, 7) is 11.0. The molecule has 0 amide bonds. The van der Waals surface area contributed by atoms with Crippen LogP contribution in [0.4, 0.5) is 0 Å². The van der Waals surface area contributed by atoms with Crippen LogP contribution in [0.5, 0.6) is 0 Å². The molecule has 0 aromatic heterocycles. The van der Waals surface area contributed by atoms with Crippen LogP contribution in [0.15, 0.2) is 41.8 Å². The number of aliphatic imine (C=N–C) groups is 1. The van der Waals surface area contributed by atoms with Crippen LogP contribution in [-0.2, 0) is 4.74 Å². The molecule has 0 aromatic carbocycles. The summed E-state index contributed by atoms with van der Waals surface area (Å²) in [6, 6.07) is 0. The SMILES string of the molecule is C=C/C=C(\C(=C)OC)N1CCN(C(N)=NC)CC1. The normalized spacial score (nSPS) is 17.7. The van der Waals surface area contributed by atoms with Gasteiger partial charge in [0.15, 0.2) is 5.96 Å². The summed E-state index contributed by atoms with van der Waals surface area (Å²) >= 11 is 0. The van der Waals surface area contributed by atoms with Gasteiger partial charge in [0.2, 0.25) is 0 Å². The van der Waals surface area contributed by atoms with Crippen molar-refractivity contribution < 1.29 is 4.74 Å². The molecular formula is C13H22N4O. The lowest BCUT2D eigenvalue weighted by Gasteiger charge is -2.37. The highest BCUT2D eigenvalue weighted by molar-refractivity contribution is 5.78. The van der Waals surface area contributed by atoms with Crippen molar-refractivity contribution in [2.75, 3.05) is 40.3 Å². The fourth-order valence-electron chi connectivity index (χ4n) is 1.91. The second kappa shape index (κ2) is 6.74. The molecule has 0 saturated carbocycles. The van der Waals surface area contributed by atoms with Gasteiger partial charge < -0.3 is 20.3 Å². The van der Waals surface area contributed by atoms with E-state index in [1.54, 1.807) is 20.2 Å². The Labute approximate surface area is 109 Å². The number of allylic oxidation sites excluding steroid dienone is 2. The van der Waals surface area contributed by atoms with Crippen molar-refractivity contribution >= 4 is 5.96 Å². The van der Waals surface area contributed by atoms with E-state index in [0.717, 1.165) is 31.9 Å². The molecule has 1 heterocycles. The molecule has 2 N–H and O–H groups in total. The summed E-state index contributed by atoms with van der Waals surface area (Å²) in [4.78, 5) is 8.28. The molecule has 0 aromatic rings. The van der Waals surface area contributed by atoms with E-state index < -0.39 is 0 Å². The van der Waals surface area contributed by atoms with Gasteiger partial charge in [-0.15, -0.1) is 0 Å². The number of hydrogen-bond donors (Lipinski definition) is 1. The van der Waals surface area contributed by atoms with Crippen molar-refractivity contribution in [2.24, 2.45) is 10.7 Å². The third-order valence-corrected chi connectivity index (χ3v) is 2.98. The van der Waals surface area contributed by atoms with Gasteiger partial charge >= 0.3 is 0 Å². The number of guanidine groups is 1. The molecule has 1 aliphatic rings. The highest BCUT2D eigenvalue weighted by Crippen LogP contribution is 2.17. The van der Waals surface area contributed by atoms with E-state index in [1.807, 2.05) is 6.08 Å². The van der Waals surface area contributed by atoms with Gasteiger partial charge in [-0.3, -0.25) is 4.99 Å². The Bertz CT molecular complexity index is 365. The first-order valence-electron chi connectivity index (χ1n) is 5.92. The average molecular weight is 250 g/mol. The van der Waals surface area contributed by atoms with Crippen LogP contribution >= 0.6 is 0 Å². The Kier molecular flexibility index (Phi) is 5.30. The van der Waals surface area contributed by atoms with Crippen molar-refractivity contribution in [3.05, 3.63) is 36.8 Å². The third kappa shape index (κ3) is 3.29. The van der Waals surface area contributed by atoms with Gasteiger partial charge in [-0.1, -0.05) is 19.2 Å². The molecule has 1 rings (SSSR count). The summed E-state index contributed by atoms with van der Waals surface area (Å²) < 4.78 is 5.20. The molecule has 1 aliphatic heterocycles. The second-order valence-electron chi connectivity index (χ2n) is 3.97. The molecule has 100 valence electrons. The van der Waals surface area contributed by atoms with Gasteiger partial charge in [0.25, 0.3) is 0 Å². The lowest BCUT2D eigenvalue weighted by molar-refractivity contribution is 0.199. The van der Waals surface area contributed by atoms with Crippen LogP contribution in [0.2, 0.25) is 0 Å². The highest BCUT2D eigenvalue weighted by atomic mass is 16.5. The summed E-state index contributed by atoms with van der Waals surface area (Å²) in [5.74, 6) is 1.25. The van der Waals surface area contributed by atoms with Crippen LogP contribution in [0.25, 0.3) is 0 Å². The fraction of sp³-hybridized carbons (Fsp3) is 0.462. The van der Waals surface area contributed by atoms with Crippen molar-refractivity contribution in [1.29, 1.82) is 0 Å². The number of ether oxygens (including phenoxy) is 1. The quantitative estimate of drug-likeness (QED) is 0.347. The fourth-order valence-corrected chi connectivity index (χ4v) is 1.91. The van der Waals surface area contributed by atoms with Gasteiger partial charge in [0, 0.05) is 33.2 Å². The average Bonchev–Trinajstić information content (AvgIpc) is 2.43.